The third-order valence-electron chi connectivity index (χ3n) is 2.66. The van der Waals surface area contributed by atoms with Crippen LogP contribution in [0.3, 0.4) is 0 Å². The molecule has 18 heavy (non-hydrogen) atoms. The van der Waals surface area contributed by atoms with Crippen LogP contribution in [0.4, 0.5) is 0 Å². The predicted octanol–water partition coefficient (Wildman–Crippen LogP) is 0.976. The molecule has 5 nitrogen and oxygen atoms in total. The van der Waals surface area contributed by atoms with Gasteiger partial charge in [0.2, 0.25) is 5.91 Å². The van der Waals surface area contributed by atoms with Crippen molar-refractivity contribution in [2.45, 2.75) is 26.4 Å². The molecule has 1 amide bonds. The molecule has 0 aliphatic heterocycles. The quantitative estimate of drug-likeness (QED) is 0.819. The fraction of sp³-hybridized carbons (Fsp3) is 0.462. The molecule has 5 heteroatoms. The third kappa shape index (κ3) is 3.37. The van der Waals surface area contributed by atoms with Crippen molar-refractivity contribution in [1.29, 1.82) is 0 Å². The van der Waals surface area contributed by atoms with E-state index >= 15 is 0 Å². The average Bonchev–Trinajstić information content (AvgIpc) is 2.36. The zero-order valence-corrected chi connectivity index (χ0v) is 11.2. The van der Waals surface area contributed by atoms with Gasteiger partial charge in [-0.3, -0.25) is 4.79 Å². The van der Waals surface area contributed by atoms with Crippen LogP contribution in [-0.2, 0) is 11.3 Å². The van der Waals surface area contributed by atoms with E-state index in [1.54, 1.807) is 21.1 Å². The zero-order chi connectivity index (χ0) is 13.7. The Morgan fingerprint density at radius 1 is 1.33 bits per heavy atom. The van der Waals surface area contributed by atoms with Crippen LogP contribution in [0, 0.1) is 6.92 Å². The maximum Gasteiger partial charge on any atom is 0.236 e. The molecule has 0 saturated heterocycles. The molecule has 1 aromatic carbocycles. The van der Waals surface area contributed by atoms with E-state index in [2.05, 4.69) is 5.32 Å². The van der Waals surface area contributed by atoms with Crippen molar-refractivity contribution in [1.82, 2.24) is 5.32 Å². The Morgan fingerprint density at radius 2 is 1.94 bits per heavy atom. The van der Waals surface area contributed by atoms with Gasteiger partial charge in [-0.25, -0.2) is 0 Å². The molecule has 0 aliphatic rings. The van der Waals surface area contributed by atoms with E-state index < -0.39 is 6.04 Å². The van der Waals surface area contributed by atoms with Crippen LogP contribution in [0.2, 0.25) is 0 Å². The molecule has 100 valence electrons. The van der Waals surface area contributed by atoms with Crippen LogP contribution in [0.1, 0.15) is 18.1 Å². The number of benzene rings is 1. The number of nitrogens with one attached hydrogen (secondary N) is 1. The molecule has 0 spiro atoms. The monoisotopic (exact) mass is 252 g/mol. The van der Waals surface area contributed by atoms with E-state index in [0.29, 0.717) is 6.54 Å². The number of nitrogens with two attached hydrogens (primary N) is 1. The van der Waals surface area contributed by atoms with Crippen molar-refractivity contribution in [2.75, 3.05) is 14.2 Å². The maximum atomic E-state index is 11.4. The maximum absolute atomic E-state index is 11.4. The summed E-state index contributed by atoms with van der Waals surface area (Å²) in [5.74, 6) is 1.29. The smallest absolute Gasteiger partial charge is 0.236 e. The SMILES string of the molecule is COc1cc(CNC(=O)C(C)N)c(OC)cc1C. The molecule has 0 radical (unpaired) electrons. The molecular formula is C13H20N2O3. The van der Waals surface area contributed by atoms with Crippen LogP contribution in [-0.4, -0.2) is 26.2 Å². The van der Waals surface area contributed by atoms with Crippen molar-refractivity contribution >= 4 is 5.91 Å². The summed E-state index contributed by atoms with van der Waals surface area (Å²) in [5.41, 5.74) is 7.32. The van der Waals surface area contributed by atoms with Gasteiger partial charge in [0, 0.05) is 12.1 Å². The highest BCUT2D eigenvalue weighted by Gasteiger charge is 2.11. The number of amides is 1. The first-order valence-corrected chi connectivity index (χ1v) is 5.74. The summed E-state index contributed by atoms with van der Waals surface area (Å²) in [6, 6.07) is 3.21. The van der Waals surface area contributed by atoms with Gasteiger partial charge in [0.15, 0.2) is 0 Å². The number of carbonyl (C=O) groups excluding carboxylic acids is 1. The van der Waals surface area contributed by atoms with E-state index in [1.807, 2.05) is 19.1 Å². The van der Waals surface area contributed by atoms with Crippen molar-refractivity contribution in [3.8, 4) is 11.5 Å². The van der Waals surface area contributed by atoms with Crippen LogP contribution in [0.15, 0.2) is 12.1 Å². The Morgan fingerprint density at radius 3 is 2.44 bits per heavy atom. The van der Waals surface area contributed by atoms with Gasteiger partial charge in [-0.1, -0.05) is 0 Å². The first kappa shape index (κ1) is 14.3. The van der Waals surface area contributed by atoms with Crippen LogP contribution in [0.5, 0.6) is 11.5 Å². The minimum Gasteiger partial charge on any atom is -0.496 e. The van der Waals surface area contributed by atoms with Gasteiger partial charge in [0.25, 0.3) is 0 Å². The van der Waals surface area contributed by atoms with Crippen LogP contribution in [0.25, 0.3) is 0 Å². The molecule has 0 bridgehead atoms. The standard InChI is InChI=1S/C13H20N2O3/c1-8-5-12(18-4)10(6-11(8)17-3)7-15-13(16)9(2)14/h5-6,9H,7,14H2,1-4H3,(H,15,16). The van der Waals surface area contributed by atoms with Gasteiger partial charge in [-0.05, 0) is 31.5 Å². The second kappa shape index (κ2) is 6.26. The summed E-state index contributed by atoms with van der Waals surface area (Å²) >= 11 is 0. The number of rotatable bonds is 5. The number of hydrogen-bond acceptors (Lipinski definition) is 4. The fourth-order valence-corrected chi connectivity index (χ4v) is 1.60. The van der Waals surface area contributed by atoms with E-state index in [0.717, 1.165) is 22.6 Å². The minimum absolute atomic E-state index is 0.198. The van der Waals surface area contributed by atoms with Gasteiger partial charge in [0.05, 0.1) is 20.3 Å². The molecule has 1 unspecified atom stereocenters. The average molecular weight is 252 g/mol. The number of aryl methyl sites for hydroxylation is 1. The van der Waals surface area contributed by atoms with Crippen LogP contribution >= 0.6 is 0 Å². The molecule has 3 N–H and O–H groups in total. The predicted molar refractivity (Wildman–Crippen MR) is 69.8 cm³/mol. The number of methoxy groups -OCH3 is 2. The number of ether oxygens (including phenoxy) is 2. The third-order valence-corrected chi connectivity index (χ3v) is 2.66. The lowest BCUT2D eigenvalue weighted by molar-refractivity contribution is -0.122. The van der Waals surface area contributed by atoms with Gasteiger partial charge >= 0.3 is 0 Å². The molecule has 0 fully saturated rings. The summed E-state index contributed by atoms with van der Waals surface area (Å²) in [6.07, 6.45) is 0. The normalized spacial score (nSPS) is 11.8. The Bertz CT molecular complexity index is 430. The highest BCUT2D eigenvalue weighted by atomic mass is 16.5. The van der Waals surface area contributed by atoms with Gasteiger partial charge < -0.3 is 20.5 Å². The Labute approximate surface area is 107 Å². The Balaban J connectivity index is 2.89. The van der Waals surface area contributed by atoms with Gasteiger partial charge in [0.1, 0.15) is 11.5 Å². The second-order valence-electron chi connectivity index (χ2n) is 4.14. The molecule has 0 aliphatic carbocycles. The van der Waals surface area contributed by atoms with E-state index in [-0.39, 0.29) is 5.91 Å². The first-order valence-electron chi connectivity index (χ1n) is 5.74. The van der Waals surface area contributed by atoms with Crippen molar-refractivity contribution in [3.63, 3.8) is 0 Å². The zero-order valence-electron chi connectivity index (χ0n) is 11.2. The highest BCUT2D eigenvalue weighted by molar-refractivity contribution is 5.81. The summed E-state index contributed by atoms with van der Waals surface area (Å²) < 4.78 is 10.5. The molecule has 0 heterocycles. The van der Waals surface area contributed by atoms with E-state index in [1.165, 1.54) is 0 Å². The lowest BCUT2D eigenvalue weighted by Crippen LogP contribution is -2.37. The highest BCUT2D eigenvalue weighted by Crippen LogP contribution is 2.28. The van der Waals surface area contributed by atoms with Crippen molar-refractivity contribution < 1.29 is 14.3 Å². The van der Waals surface area contributed by atoms with Gasteiger partial charge in [-0.15, -0.1) is 0 Å². The van der Waals surface area contributed by atoms with Gasteiger partial charge in [-0.2, -0.15) is 0 Å². The summed E-state index contributed by atoms with van der Waals surface area (Å²) in [5, 5.41) is 2.74. The number of carbonyl (C=O) groups is 1. The summed E-state index contributed by atoms with van der Waals surface area (Å²) in [7, 11) is 3.21. The summed E-state index contributed by atoms with van der Waals surface area (Å²) in [4.78, 5) is 11.4. The molecule has 0 aromatic heterocycles. The topological polar surface area (TPSA) is 73.6 Å². The Hall–Kier alpha value is -1.75. The van der Waals surface area contributed by atoms with Crippen molar-refractivity contribution in [2.24, 2.45) is 5.73 Å². The number of hydrogen-bond donors (Lipinski definition) is 2. The van der Waals surface area contributed by atoms with E-state index in [4.69, 9.17) is 15.2 Å². The first-order chi connectivity index (χ1) is 8.49. The van der Waals surface area contributed by atoms with Crippen molar-refractivity contribution in [3.05, 3.63) is 23.3 Å². The largest absolute Gasteiger partial charge is 0.496 e. The minimum atomic E-state index is -0.525. The summed E-state index contributed by atoms with van der Waals surface area (Å²) in [6.45, 7) is 3.94. The van der Waals surface area contributed by atoms with Crippen LogP contribution < -0.4 is 20.5 Å². The fourth-order valence-electron chi connectivity index (χ4n) is 1.60. The molecule has 1 aromatic rings. The molecule has 1 rings (SSSR count). The molecule has 1 atom stereocenters. The molecular weight excluding hydrogens is 232 g/mol. The lowest BCUT2D eigenvalue weighted by Gasteiger charge is -2.14. The van der Waals surface area contributed by atoms with E-state index in [9.17, 15) is 4.79 Å². The second-order valence-corrected chi connectivity index (χ2v) is 4.14. The Kier molecular flexibility index (Phi) is 4.97. The molecule has 0 saturated carbocycles. The lowest BCUT2D eigenvalue weighted by atomic mass is 10.1.